The maximum atomic E-state index is 12.3. The van der Waals surface area contributed by atoms with Gasteiger partial charge in [0.25, 0.3) is 0 Å². The molecule has 1 heterocycles. The molecule has 1 atom stereocenters. The zero-order valence-electron chi connectivity index (χ0n) is 14.7. The first kappa shape index (κ1) is 18.2. The van der Waals surface area contributed by atoms with Crippen LogP contribution in [0.5, 0.6) is 0 Å². The second kappa shape index (κ2) is 9.26. The number of hydrogen-bond donors (Lipinski definition) is 1. The Hall–Kier alpha value is -1.10. The fraction of sp³-hybridized carbons (Fsp3) is 0.889. The van der Waals surface area contributed by atoms with E-state index >= 15 is 0 Å². The molecule has 23 heavy (non-hydrogen) atoms. The Balaban J connectivity index is 1.81. The highest BCUT2D eigenvalue weighted by atomic mass is 16.5. The Morgan fingerprint density at radius 2 is 1.91 bits per heavy atom. The van der Waals surface area contributed by atoms with Crippen molar-refractivity contribution in [2.75, 3.05) is 19.7 Å². The normalized spacial score (nSPS) is 23.9. The van der Waals surface area contributed by atoms with E-state index in [-0.39, 0.29) is 23.8 Å². The Labute approximate surface area is 140 Å². The van der Waals surface area contributed by atoms with Crippen LogP contribution < -0.4 is 5.32 Å². The number of likely N-dealkylation sites (tertiary alicyclic amines) is 1. The number of nitrogens with zero attached hydrogens (tertiary/aromatic N) is 1. The van der Waals surface area contributed by atoms with Crippen molar-refractivity contribution in [3.8, 4) is 0 Å². The third-order valence-electron chi connectivity index (χ3n) is 4.93. The highest BCUT2D eigenvalue weighted by Crippen LogP contribution is 2.27. The summed E-state index contributed by atoms with van der Waals surface area (Å²) in [6.07, 6.45) is 8.54. The van der Waals surface area contributed by atoms with Crippen LogP contribution in [0, 0.1) is 5.92 Å². The van der Waals surface area contributed by atoms with Gasteiger partial charge in [-0.3, -0.25) is 9.59 Å². The molecule has 2 aliphatic rings. The van der Waals surface area contributed by atoms with Gasteiger partial charge in [0.05, 0.1) is 18.6 Å². The molecule has 0 aromatic heterocycles. The number of hydrogen-bond acceptors (Lipinski definition) is 3. The van der Waals surface area contributed by atoms with Gasteiger partial charge >= 0.3 is 0 Å². The van der Waals surface area contributed by atoms with E-state index in [0.29, 0.717) is 38.6 Å². The summed E-state index contributed by atoms with van der Waals surface area (Å²) in [6.45, 7) is 5.66. The molecule has 1 saturated carbocycles. The molecule has 0 spiro atoms. The lowest BCUT2D eigenvalue weighted by Crippen LogP contribution is -2.50. The minimum Gasteiger partial charge on any atom is -0.377 e. The number of amides is 2. The number of piperidine rings is 1. The summed E-state index contributed by atoms with van der Waals surface area (Å²) in [5.74, 6) is 0.252. The predicted molar refractivity (Wildman–Crippen MR) is 90.0 cm³/mol. The highest BCUT2D eigenvalue weighted by molar-refractivity contribution is 5.84. The molecule has 2 rings (SSSR count). The van der Waals surface area contributed by atoms with Gasteiger partial charge in [-0.25, -0.2) is 0 Å². The van der Waals surface area contributed by atoms with Crippen LogP contribution in [0.3, 0.4) is 0 Å². The molecule has 0 unspecified atom stereocenters. The summed E-state index contributed by atoms with van der Waals surface area (Å²) in [6, 6.07) is 0.352. The summed E-state index contributed by atoms with van der Waals surface area (Å²) >= 11 is 0. The summed E-state index contributed by atoms with van der Waals surface area (Å²) in [7, 11) is 0. The van der Waals surface area contributed by atoms with Crippen LogP contribution in [0.15, 0.2) is 0 Å². The van der Waals surface area contributed by atoms with E-state index in [1.54, 1.807) is 0 Å². The molecule has 1 saturated heterocycles. The Morgan fingerprint density at radius 1 is 1.22 bits per heavy atom. The second-order valence-electron chi connectivity index (χ2n) is 7.14. The molecule has 1 aliphatic carbocycles. The van der Waals surface area contributed by atoms with Crippen molar-refractivity contribution >= 4 is 11.8 Å². The van der Waals surface area contributed by atoms with Gasteiger partial charge in [-0.1, -0.05) is 25.7 Å². The van der Waals surface area contributed by atoms with Gasteiger partial charge in [-0.05, 0) is 33.1 Å². The quantitative estimate of drug-likeness (QED) is 0.603. The zero-order chi connectivity index (χ0) is 16.7. The van der Waals surface area contributed by atoms with Crippen molar-refractivity contribution in [1.29, 1.82) is 0 Å². The first-order valence-corrected chi connectivity index (χ1v) is 9.26. The van der Waals surface area contributed by atoms with Gasteiger partial charge < -0.3 is 15.0 Å². The van der Waals surface area contributed by atoms with Crippen molar-refractivity contribution in [3.05, 3.63) is 0 Å². The van der Waals surface area contributed by atoms with Crippen LogP contribution >= 0.6 is 0 Å². The van der Waals surface area contributed by atoms with Crippen molar-refractivity contribution < 1.29 is 14.3 Å². The molecule has 5 nitrogen and oxygen atoms in total. The van der Waals surface area contributed by atoms with Gasteiger partial charge in [-0.2, -0.15) is 0 Å². The topological polar surface area (TPSA) is 58.6 Å². The number of carbonyl (C=O) groups excluding carboxylic acids is 2. The minimum absolute atomic E-state index is 0.0602. The molecule has 0 aromatic carbocycles. The fourth-order valence-corrected chi connectivity index (χ4v) is 3.62. The molecule has 2 fully saturated rings. The maximum Gasteiger partial charge on any atom is 0.224 e. The molecular formula is C18H32N2O3. The van der Waals surface area contributed by atoms with E-state index in [4.69, 9.17) is 4.74 Å². The second-order valence-corrected chi connectivity index (χ2v) is 7.14. The number of ether oxygens (including phenoxy) is 1. The summed E-state index contributed by atoms with van der Waals surface area (Å²) in [4.78, 5) is 26.6. The van der Waals surface area contributed by atoms with Crippen molar-refractivity contribution in [2.24, 2.45) is 5.92 Å². The molecule has 0 bridgehead atoms. The highest BCUT2D eigenvalue weighted by Gasteiger charge is 2.34. The monoisotopic (exact) mass is 324 g/mol. The van der Waals surface area contributed by atoms with Crippen molar-refractivity contribution in [1.82, 2.24) is 10.2 Å². The smallest absolute Gasteiger partial charge is 0.224 e. The first-order chi connectivity index (χ1) is 11.1. The number of carbonyl (C=O) groups is 2. The van der Waals surface area contributed by atoms with Crippen LogP contribution in [0.25, 0.3) is 0 Å². The minimum atomic E-state index is -0.0602. The summed E-state index contributed by atoms with van der Waals surface area (Å²) < 4.78 is 5.45. The van der Waals surface area contributed by atoms with Gasteiger partial charge in [0.1, 0.15) is 0 Å². The van der Waals surface area contributed by atoms with Gasteiger partial charge in [0, 0.05) is 25.6 Å². The van der Waals surface area contributed by atoms with Crippen molar-refractivity contribution in [3.63, 3.8) is 0 Å². The average molecular weight is 324 g/mol. The Bertz CT molecular complexity index is 390. The molecular weight excluding hydrogens is 292 g/mol. The van der Waals surface area contributed by atoms with Crippen LogP contribution in [-0.2, 0) is 14.3 Å². The predicted octanol–water partition coefficient (Wildman–Crippen LogP) is 2.49. The van der Waals surface area contributed by atoms with E-state index < -0.39 is 0 Å². The van der Waals surface area contributed by atoms with Gasteiger partial charge in [0.2, 0.25) is 11.8 Å². The SMILES string of the molecule is CC(C)OCCNC(=O)[C@@H]1CCC(=O)N(C2CCCCCC2)C1. The lowest BCUT2D eigenvalue weighted by Gasteiger charge is -2.37. The molecule has 5 heteroatoms. The molecule has 1 N–H and O–H groups in total. The third-order valence-corrected chi connectivity index (χ3v) is 4.93. The number of nitrogens with one attached hydrogen (secondary N) is 1. The van der Waals surface area contributed by atoms with Crippen LogP contribution in [-0.4, -0.2) is 48.6 Å². The van der Waals surface area contributed by atoms with E-state index in [2.05, 4.69) is 5.32 Å². The zero-order valence-corrected chi connectivity index (χ0v) is 14.7. The Kier molecular flexibility index (Phi) is 7.34. The molecule has 0 radical (unpaired) electrons. The lowest BCUT2D eigenvalue weighted by molar-refractivity contribution is -0.141. The van der Waals surface area contributed by atoms with E-state index in [9.17, 15) is 9.59 Å². The van der Waals surface area contributed by atoms with Crippen LogP contribution in [0.4, 0.5) is 0 Å². The van der Waals surface area contributed by atoms with E-state index in [1.165, 1.54) is 25.7 Å². The van der Waals surface area contributed by atoms with Crippen LogP contribution in [0.2, 0.25) is 0 Å². The standard InChI is InChI=1S/C18H32N2O3/c1-14(2)23-12-11-19-18(22)15-9-10-17(21)20(13-15)16-7-5-3-4-6-8-16/h14-16H,3-13H2,1-2H3,(H,19,22)/t15-/m1/s1. The lowest BCUT2D eigenvalue weighted by atomic mass is 9.93. The summed E-state index contributed by atoms with van der Waals surface area (Å²) in [5, 5.41) is 2.96. The van der Waals surface area contributed by atoms with Crippen molar-refractivity contribution in [2.45, 2.75) is 77.4 Å². The number of rotatable bonds is 6. The third kappa shape index (κ3) is 5.79. The summed E-state index contributed by atoms with van der Waals surface area (Å²) in [5.41, 5.74) is 0. The van der Waals surface area contributed by atoms with E-state index in [1.807, 2.05) is 18.7 Å². The maximum absolute atomic E-state index is 12.3. The largest absolute Gasteiger partial charge is 0.377 e. The van der Waals surface area contributed by atoms with Crippen LogP contribution in [0.1, 0.15) is 65.2 Å². The average Bonchev–Trinajstić information content (AvgIpc) is 2.80. The molecule has 132 valence electrons. The fourth-order valence-electron chi connectivity index (χ4n) is 3.62. The molecule has 2 amide bonds. The van der Waals surface area contributed by atoms with Gasteiger partial charge in [-0.15, -0.1) is 0 Å². The molecule has 0 aromatic rings. The molecule has 1 aliphatic heterocycles. The van der Waals surface area contributed by atoms with Gasteiger partial charge in [0.15, 0.2) is 0 Å². The van der Waals surface area contributed by atoms with E-state index in [0.717, 1.165) is 12.8 Å². The Morgan fingerprint density at radius 3 is 2.57 bits per heavy atom. The first-order valence-electron chi connectivity index (χ1n) is 9.26.